The van der Waals surface area contributed by atoms with Crippen LogP contribution >= 0.6 is 0 Å². The summed E-state index contributed by atoms with van der Waals surface area (Å²) >= 11 is 0. The first-order chi connectivity index (χ1) is 7.79. The van der Waals surface area contributed by atoms with E-state index in [2.05, 4.69) is 15.5 Å². The van der Waals surface area contributed by atoms with E-state index in [0.29, 0.717) is 25.2 Å². The van der Waals surface area contributed by atoms with E-state index in [1.165, 1.54) is 0 Å². The summed E-state index contributed by atoms with van der Waals surface area (Å²) in [4.78, 5) is 15.5. The minimum absolute atomic E-state index is 0.0823. The number of nitriles is 1. The summed E-state index contributed by atoms with van der Waals surface area (Å²) in [6.45, 7) is 0. The van der Waals surface area contributed by atoms with E-state index in [1.807, 2.05) is 6.07 Å². The molecule has 0 aliphatic heterocycles. The molecule has 0 spiro atoms. The lowest BCUT2D eigenvalue weighted by Gasteiger charge is -1.95. The molecule has 0 radical (unpaired) electrons. The monoisotopic (exact) mass is 220 g/mol. The topological polar surface area (TPSA) is 91.8 Å². The van der Waals surface area contributed by atoms with Crippen molar-refractivity contribution in [1.82, 2.24) is 15.5 Å². The molecule has 1 aromatic heterocycles. The Balaban J connectivity index is 1.85. The van der Waals surface area contributed by atoms with Crippen LogP contribution in [-0.4, -0.2) is 22.1 Å². The Hall–Kier alpha value is -1.90. The third-order valence-corrected chi connectivity index (χ3v) is 2.26. The van der Waals surface area contributed by atoms with Crippen molar-refractivity contribution in [3.05, 3.63) is 11.7 Å². The van der Waals surface area contributed by atoms with E-state index in [0.717, 1.165) is 12.8 Å². The summed E-state index contributed by atoms with van der Waals surface area (Å²) < 4.78 is 4.90. The molecule has 1 aliphatic carbocycles. The van der Waals surface area contributed by atoms with E-state index >= 15 is 0 Å². The van der Waals surface area contributed by atoms with Gasteiger partial charge in [-0.15, -0.1) is 0 Å². The largest absolute Gasteiger partial charge is 0.346 e. The Morgan fingerprint density at radius 3 is 3.12 bits per heavy atom. The number of unbranched alkanes of at least 4 members (excludes halogenated alkanes) is 1. The van der Waals surface area contributed by atoms with E-state index < -0.39 is 0 Å². The maximum Gasteiger partial charge on any atom is 0.292 e. The molecule has 16 heavy (non-hydrogen) atoms. The van der Waals surface area contributed by atoms with Crippen molar-refractivity contribution < 1.29 is 9.32 Å². The molecule has 0 atom stereocenters. The molecule has 1 heterocycles. The number of nitrogens with one attached hydrogen (secondary N) is 1. The van der Waals surface area contributed by atoms with Gasteiger partial charge < -0.3 is 9.84 Å². The Kier molecular flexibility index (Phi) is 3.15. The quantitative estimate of drug-likeness (QED) is 0.741. The fourth-order valence-electron chi connectivity index (χ4n) is 1.24. The number of rotatable bonds is 5. The molecule has 2 rings (SSSR count). The summed E-state index contributed by atoms with van der Waals surface area (Å²) in [7, 11) is 0. The zero-order chi connectivity index (χ0) is 11.4. The van der Waals surface area contributed by atoms with Crippen molar-refractivity contribution in [2.24, 2.45) is 0 Å². The van der Waals surface area contributed by atoms with Crippen LogP contribution in [0, 0.1) is 11.3 Å². The van der Waals surface area contributed by atoms with Crippen molar-refractivity contribution in [3.8, 4) is 6.07 Å². The third kappa shape index (κ3) is 2.79. The molecule has 84 valence electrons. The molecule has 1 N–H and O–H groups in total. The Morgan fingerprint density at radius 2 is 2.44 bits per heavy atom. The van der Waals surface area contributed by atoms with Gasteiger partial charge in [0.1, 0.15) is 0 Å². The van der Waals surface area contributed by atoms with Crippen LogP contribution in [0.15, 0.2) is 4.52 Å². The third-order valence-electron chi connectivity index (χ3n) is 2.26. The molecule has 1 aliphatic rings. The van der Waals surface area contributed by atoms with Crippen molar-refractivity contribution in [3.63, 3.8) is 0 Å². The van der Waals surface area contributed by atoms with Gasteiger partial charge in [0, 0.05) is 18.9 Å². The second-order valence-electron chi connectivity index (χ2n) is 3.77. The number of hydrogen-bond acceptors (Lipinski definition) is 5. The maximum atomic E-state index is 11.5. The smallest absolute Gasteiger partial charge is 0.292 e. The molecule has 0 bridgehead atoms. The fourth-order valence-corrected chi connectivity index (χ4v) is 1.24. The zero-order valence-electron chi connectivity index (χ0n) is 8.77. The Bertz CT molecular complexity index is 417. The number of aryl methyl sites for hydroxylation is 1. The number of aromatic nitrogens is 2. The summed E-state index contributed by atoms with van der Waals surface area (Å²) in [5.74, 6) is 0.216. The van der Waals surface area contributed by atoms with Crippen LogP contribution in [-0.2, 0) is 6.42 Å². The average molecular weight is 220 g/mol. The molecule has 1 saturated carbocycles. The molecule has 0 unspecified atom stereocenters. The van der Waals surface area contributed by atoms with E-state index in [4.69, 9.17) is 9.78 Å². The number of carbonyl (C=O) groups excluding carboxylic acids is 1. The van der Waals surface area contributed by atoms with Gasteiger partial charge in [0.2, 0.25) is 5.89 Å². The van der Waals surface area contributed by atoms with Crippen molar-refractivity contribution in [2.75, 3.05) is 0 Å². The summed E-state index contributed by atoms with van der Waals surface area (Å²) in [6.07, 6.45) is 3.71. The Morgan fingerprint density at radius 1 is 1.62 bits per heavy atom. The lowest BCUT2D eigenvalue weighted by molar-refractivity contribution is 0.0937. The molecule has 6 heteroatoms. The van der Waals surface area contributed by atoms with Gasteiger partial charge >= 0.3 is 0 Å². The number of nitrogens with zero attached hydrogens (tertiary/aromatic N) is 3. The SMILES string of the molecule is N#CCCCc1nc(C(=O)NC2CC2)no1. The lowest BCUT2D eigenvalue weighted by atomic mass is 10.2. The highest BCUT2D eigenvalue weighted by Gasteiger charge is 2.25. The molecule has 0 aromatic carbocycles. The fraction of sp³-hybridized carbons (Fsp3) is 0.600. The van der Waals surface area contributed by atoms with Crippen LogP contribution in [0.2, 0.25) is 0 Å². The molecule has 1 amide bonds. The summed E-state index contributed by atoms with van der Waals surface area (Å²) in [6, 6.07) is 2.32. The molecule has 0 saturated heterocycles. The minimum atomic E-state index is -0.280. The first-order valence-electron chi connectivity index (χ1n) is 5.30. The number of carbonyl (C=O) groups is 1. The van der Waals surface area contributed by atoms with E-state index in [9.17, 15) is 4.79 Å². The highest BCUT2D eigenvalue weighted by Crippen LogP contribution is 2.18. The van der Waals surface area contributed by atoms with Gasteiger partial charge in [0.05, 0.1) is 6.07 Å². The first-order valence-corrected chi connectivity index (χ1v) is 5.30. The van der Waals surface area contributed by atoms with Crippen LogP contribution in [0.1, 0.15) is 42.2 Å². The second-order valence-corrected chi connectivity index (χ2v) is 3.77. The van der Waals surface area contributed by atoms with Gasteiger partial charge in [-0.1, -0.05) is 5.16 Å². The van der Waals surface area contributed by atoms with E-state index in [1.54, 1.807) is 0 Å². The Labute approximate surface area is 92.6 Å². The molecular weight excluding hydrogens is 208 g/mol. The van der Waals surface area contributed by atoms with Crippen LogP contribution in [0.4, 0.5) is 0 Å². The molecule has 6 nitrogen and oxygen atoms in total. The van der Waals surface area contributed by atoms with Crippen LogP contribution in [0.25, 0.3) is 0 Å². The van der Waals surface area contributed by atoms with Crippen molar-refractivity contribution in [2.45, 2.75) is 38.1 Å². The minimum Gasteiger partial charge on any atom is -0.346 e. The zero-order valence-corrected chi connectivity index (χ0v) is 8.77. The van der Waals surface area contributed by atoms with Gasteiger partial charge in [-0.05, 0) is 19.3 Å². The van der Waals surface area contributed by atoms with Crippen molar-refractivity contribution >= 4 is 5.91 Å². The van der Waals surface area contributed by atoms with Gasteiger partial charge in [-0.2, -0.15) is 10.2 Å². The van der Waals surface area contributed by atoms with Crippen molar-refractivity contribution in [1.29, 1.82) is 5.26 Å². The molecular formula is C10H12N4O2. The standard InChI is InChI=1S/C10H12N4O2/c11-6-2-1-3-8-13-9(14-16-8)10(15)12-7-4-5-7/h7H,1-5H2,(H,12,15). The van der Waals surface area contributed by atoms with Crippen LogP contribution < -0.4 is 5.32 Å². The normalized spacial score (nSPS) is 14.4. The first kappa shape index (κ1) is 10.6. The lowest BCUT2D eigenvalue weighted by Crippen LogP contribution is -2.26. The van der Waals surface area contributed by atoms with Gasteiger partial charge in [-0.25, -0.2) is 0 Å². The maximum absolute atomic E-state index is 11.5. The van der Waals surface area contributed by atoms with Gasteiger partial charge in [0.15, 0.2) is 0 Å². The summed E-state index contributed by atoms with van der Waals surface area (Å²) in [5, 5.41) is 14.7. The van der Waals surface area contributed by atoms with Gasteiger partial charge in [-0.3, -0.25) is 4.79 Å². The van der Waals surface area contributed by atoms with Crippen LogP contribution in [0.5, 0.6) is 0 Å². The predicted molar refractivity (Wildman–Crippen MR) is 53.3 cm³/mol. The van der Waals surface area contributed by atoms with E-state index in [-0.39, 0.29) is 17.8 Å². The van der Waals surface area contributed by atoms with Gasteiger partial charge in [0.25, 0.3) is 11.7 Å². The second kappa shape index (κ2) is 4.75. The highest BCUT2D eigenvalue weighted by atomic mass is 16.5. The predicted octanol–water partition coefficient (Wildman–Crippen LogP) is 0.808. The summed E-state index contributed by atoms with van der Waals surface area (Å²) in [5.41, 5.74) is 0. The molecule has 1 aromatic rings. The molecule has 1 fully saturated rings. The average Bonchev–Trinajstić information content (AvgIpc) is 2.95. The van der Waals surface area contributed by atoms with Crippen LogP contribution in [0.3, 0.4) is 0 Å². The highest BCUT2D eigenvalue weighted by molar-refractivity contribution is 5.90. The number of hydrogen-bond donors (Lipinski definition) is 1. The number of amides is 1.